The average Bonchev–Trinajstić information content (AvgIpc) is 2.57. The normalized spacial score (nSPS) is 19.5. The second-order valence-electron chi connectivity index (χ2n) is 3.92. The highest BCUT2D eigenvalue weighted by molar-refractivity contribution is 6.15. The number of amides is 1. The van der Waals surface area contributed by atoms with Gasteiger partial charge in [0.25, 0.3) is 5.91 Å². The lowest BCUT2D eigenvalue weighted by molar-refractivity contribution is -0.130. The summed E-state index contributed by atoms with van der Waals surface area (Å²) in [5.41, 5.74) is 1.19. The first-order chi connectivity index (χ1) is 8.04. The summed E-state index contributed by atoms with van der Waals surface area (Å²) in [7, 11) is 3.00. The van der Waals surface area contributed by atoms with Gasteiger partial charge in [-0.15, -0.1) is 0 Å². The maximum Gasteiger partial charge on any atom is 0.251 e. The molecule has 2 rings (SSSR count). The van der Waals surface area contributed by atoms with Crippen molar-refractivity contribution in [2.45, 2.75) is 6.92 Å². The molecule has 1 aromatic rings. The molecule has 1 amide bonds. The van der Waals surface area contributed by atoms with Crippen LogP contribution in [0.25, 0.3) is 0 Å². The van der Waals surface area contributed by atoms with Gasteiger partial charge in [-0.25, -0.2) is 9.40 Å². The van der Waals surface area contributed by atoms with E-state index in [1.165, 1.54) is 24.3 Å². The number of carbonyl (C=O) groups excluding carboxylic acids is 1. The Morgan fingerprint density at radius 1 is 1.47 bits per heavy atom. The van der Waals surface area contributed by atoms with E-state index in [1.807, 2.05) is 0 Å². The van der Waals surface area contributed by atoms with Crippen LogP contribution in [0.4, 0.5) is 4.39 Å². The Labute approximate surface area is 98.7 Å². The van der Waals surface area contributed by atoms with E-state index in [0.717, 1.165) is 0 Å². The van der Waals surface area contributed by atoms with Crippen LogP contribution in [0.15, 0.2) is 23.3 Å². The van der Waals surface area contributed by atoms with Crippen LogP contribution in [0.3, 0.4) is 0 Å². The van der Waals surface area contributed by atoms with E-state index in [1.54, 1.807) is 20.0 Å². The molecule has 90 valence electrons. The smallest absolute Gasteiger partial charge is 0.251 e. The van der Waals surface area contributed by atoms with Crippen molar-refractivity contribution in [2.24, 2.45) is 11.0 Å². The number of hydrogen-bond acceptors (Lipinski definition) is 3. The van der Waals surface area contributed by atoms with Gasteiger partial charge in [0.2, 0.25) is 0 Å². The first-order valence-corrected chi connectivity index (χ1v) is 5.24. The minimum Gasteiger partial charge on any atom is -0.494 e. The lowest BCUT2D eigenvalue weighted by atomic mass is 9.98. The van der Waals surface area contributed by atoms with E-state index in [0.29, 0.717) is 11.3 Å². The molecule has 1 atom stereocenters. The van der Waals surface area contributed by atoms with Gasteiger partial charge in [-0.1, -0.05) is 0 Å². The standard InChI is InChI=1S/C12H13FN2O2/c1-7-11(14-15(2)12(7)16)8-4-5-10(17-3)9(13)6-8/h4-7H,1-3H3. The summed E-state index contributed by atoms with van der Waals surface area (Å²) in [6, 6.07) is 4.56. The zero-order chi connectivity index (χ0) is 12.6. The first-order valence-electron chi connectivity index (χ1n) is 5.24. The van der Waals surface area contributed by atoms with Gasteiger partial charge in [0.15, 0.2) is 11.6 Å². The summed E-state index contributed by atoms with van der Waals surface area (Å²) in [6.45, 7) is 1.76. The average molecular weight is 236 g/mol. The van der Waals surface area contributed by atoms with Crippen molar-refractivity contribution in [3.63, 3.8) is 0 Å². The molecular weight excluding hydrogens is 223 g/mol. The third-order valence-corrected chi connectivity index (χ3v) is 2.80. The maximum absolute atomic E-state index is 13.5. The second kappa shape index (κ2) is 4.16. The number of nitrogens with zero attached hydrogens (tertiary/aromatic N) is 2. The van der Waals surface area contributed by atoms with Gasteiger partial charge in [0.1, 0.15) is 0 Å². The first kappa shape index (κ1) is 11.6. The van der Waals surface area contributed by atoms with Crippen molar-refractivity contribution < 1.29 is 13.9 Å². The Morgan fingerprint density at radius 2 is 2.18 bits per heavy atom. The third kappa shape index (κ3) is 1.88. The van der Waals surface area contributed by atoms with E-state index in [9.17, 15) is 9.18 Å². The zero-order valence-corrected chi connectivity index (χ0v) is 9.90. The maximum atomic E-state index is 13.5. The topological polar surface area (TPSA) is 41.9 Å². The molecular formula is C12H13FN2O2. The highest BCUT2D eigenvalue weighted by Gasteiger charge is 2.30. The molecule has 5 heteroatoms. The van der Waals surface area contributed by atoms with Crippen molar-refractivity contribution in [3.05, 3.63) is 29.6 Å². The van der Waals surface area contributed by atoms with Gasteiger partial charge in [-0.05, 0) is 25.1 Å². The Balaban J connectivity index is 2.39. The van der Waals surface area contributed by atoms with E-state index in [2.05, 4.69) is 5.10 Å². The fourth-order valence-electron chi connectivity index (χ4n) is 1.83. The number of hydrogen-bond donors (Lipinski definition) is 0. The molecule has 0 spiro atoms. The number of carbonyl (C=O) groups is 1. The predicted molar refractivity (Wildman–Crippen MR) is 61.4 cm³/mol. The molecule has 0 aliphatic carbocycles. The van der Waals surface area contributed by atoms with E-state index in [4.69, 9.17) is 4.74 Å². The van der Waals surface area contributed by atoms with Gasteiger partial charge < -0.3 is 4.74 Å². The van der Waals surface area contributed by atoms with Crippen LogP contribution in [-0.2, 0) is 4.79 Å². The highest BCUT2D eigenvalue weighted by atomic mass is 19.1. The molecule has 0 bridgehead atoms. The second-order valence-corrected chi connectivity index (χ2v) is 3.92. The summed E-state index contributed by atoms with van der Waals surface area (Å²) < 4.78 is 18.4. The van der Waals surface area contributed by atoms with Crippen LogP contribution in [0, 0.1) is 11.7 Å². The molecule has 1 aromatic carbocycles. The van der Waals surface area contributed by atoms with E-state index < -0.39 is 5.82 Å². The van der Waals surface area contributed by atoms with Crippen molar-refractivity contribution in [1.82, 2.24) is 5.01 Å². The third-order valence-electron chi connectivity index (χ3n) is 2.80. The van der Waals surface area contributed by atoms with Gasteiger partial charge in [-0.3, -0.25) is 4.79 Å². The van der Waals surface area contributed by atoms with Crippen LogP contribution >= 0.6 is 0 Å². The summed E-state index contributed by atoms with van der Waals surface area (Å²) in [5.74, 6) is -0.703. The largest absolute Gasteiger partial charge is 0.494 e. The Bertz CT molecular complexity index is 499. The fourth-order valence-corrected chi connectivity index (χ4v) is 1.83. The van der Waals surface area contributed by atoms with Gasteiger partial charge >= 0.3 is 0 Å². The van der Waals surface area contributed by atoms with Crippen molar-refractivity contribution in [3.8, 4) is 5.75 Å². The summed E-state index contributed by atoms with van der Waals surface area (Å²) in [5, 5.41) is 5.39. The summed E-state index contributed by atoms with van der Waals surface area (Å²) in [4.78, 5) is 11.6. The minimum absolute atomic E-state index is 0.0868. The SMILES string of the molecule is COc1ccc(C2=NN(C)C(=O)C2C)cc1F. The minimum atomic E-state index is -0.457. The molecule has 0 saturated carbocycles. The Kier molecular flexibility index (Phi) is 2.83. The van der Waals surface area contributed by atoms with Crippen molar-refractivity contribution in [2.75, 3.05) is 14.2 Å². The lowest BCUT2D eigenvalue weighted by Gasteiger charge is -2.07. The molecule has 0 fully saturated rings. The molecule has 1 aliphatic rings. The van der Waals surface area contributed by atoms with E-state index in [-0.39, 0.29) is 17.6 Å². The zero-order valence-electron chi connectivity index (χ0n) is 9.90. The quantitative estimate of drug-likeness (QED) is 0.783. The van der Waals surface area contributed by atoms with Crippen LogP contribution in [0.5, 0.6) is 5.75 Å². The van der Waals surface area contributed by atoms with E-state index >= 15 is 0 Å². The van der Waals surface area contributed by atoms with Crippen LogP contribution in [0.2, 0.25) is 0 Å². The molecule has 1 heterocycles. The lowest BCUT2D eigenvalue weighted by Crippen LogP contribution is -2.22. The van der Waals surface area contributed by atoms with Crippen LogP contribution in [-0.4, -0.2) is 30.8 Å². The predicted octanol–water partition coefficient (Wildman–Crippen LogP) is 1.65. The van der Waals surface area contributed by atoms with Crippen LogP contribution < -0.4 is 4.74 Å². The molecule has 1 unspecified atom stereocenters. The number of benzene rings is 1. The fraction of sp³-hybridized carbons (Fsp3) is 0.333. The summed E-state index contributed by atoms with van der Waals surface area (Å²) >= 11 is 0. The Morgan fingerprint density at radius 3 is 2.65 bits per heavy atom. The monoisotopic (exact) mass is 236 g/mol. The molecule has 0 aromatic heterocycles. The number of hydrazone groups is 1. The highest BCUT2D eigenvalue weighted by Crippen LogP contribution is 2.23. The molecule has 4 nitrogen and oxygen atoms in total. The van der Waals surface area contributed by atoms with Gasteiger partial charge in [0.05, 0.1) is 18.7 Å². The molecule has 17 heavy (non-hydrogen) atoms. The molecule has 0 N–H and O–H groups in total. The van der Waals surface area contributed by atoms with Crippen molar-refractivity contribution in [1.29, 1.82) is 0 Å². The Hall–Kier alpha value is -1.91. The number of ether oxygens (including phenoxy) is 1. The van der Waals surface area contributed by atoms with Crippen molar-refractivity contribution >= 4 is 11.6 Å². The van der Waals surface area contributed by atoms with Crippen LogP contribution in [0.1, 0.15) is 12.5 Å². The number of halogens is 1. The van der Waals surface area contributed by atoms with Gasteiger partial charge in [0, 0.05) is 12.6 Å². The molecule has 0 saturated heterocycles. The number of methoxy groups -OCH3 is 1. The molecule has 1 aliphatic heterocycles. The van der Waals surface area contributed by atoms with Gasteiger partial charge in [-0.2, -0.15) is 5.10 Å². The molecule has 0 radical (unpaired) electrons. The summed E-state index contributed by atoms with van der Waals surface area (Å²) in [6.07, 6.45) is 0. The number of rotatable bonds is 2.